The Labute approximate surface area is 97.3 Å². The first-order chi connectivity index (χ1) is 8.19. The summed E-state index contributed by atoms with van der Waals surface area (Å²) < 4.78 is 9.73. The van der Waals surface area contributed by atoms with Crippen molar-refractivity contribution in [3.05, 3.63) is 29.3 Å². The molecule has 17 heavy (non-hydrogen) atoms. The van der Waals surface area contributed by atoms with Gasteiger partial charge >= 0.3 is 0 Å². The fraction of sp³-hybridized carbons (Fsp3) is 0.250. The highest BCUT2D eigenvalue weighted by molar-refractivity contribution is 6.29. The van der Waals surface area contributed by atoms with E-state index in [4.69, 9.17) is 4.74 Å². The average Bonchev–Trinajstić information content (AvgIpc) is 2.55. The van der Waals surface area contributed by atoms with E-state index in [0.717, 1.165) is 0 Å². The maximum absolute atomic E-state index is 11.8. The zero-order valence-electron chi connectivity index (χ0n) is 9.14. The van der Waals surface area contributed by atoms with E-state index in [9.17, 15) is 14.4 Å². The summed E-state index contributed by atoms with van der Waals surface area (Å²) in [7, 11) is 0. The van der Waals surface area contributed by atoms with Crippen LogP contribution in [0.5, 0.6) is 5.75 Å². The second-order valence-electron chi connectivity index (χ2n) is 3.48. The van der Waals surface area contributed by atoms with Gasteiger partial charge in [0.2, 0.25) is 17.7 Å². The van der Waals surface area contributed by atoms with Crippen molar-refractivity contribution in [2.45, 2.75) is 13.0 Å². The van der Waals surface area contributed by atoms with Crippen LogP contribution in [0.1, 0.15) is 27.6 Å². The monoisotopic (exact) mass is 234 g/mol. The van der Waals surface area contributed by atoms with E-state index in [2.05, 4.69) is 4.74 Å². The smallest absolute Gasteiger partial charge is 0.294 e. The molecule has 0 aromatic heterocycles. The van der Waals surface area contributed by atoms with Crippen LogP contribution in [0.15, 0.2) is 18.2 Å². The lowest BCUT2D eigenvalue weighted by Gasteiger charge is -2.03. The average molecular weight is 234 g/mol. The van der Waals surface area contributed by atoms with Crippen LogP contribution in [0, 0.1) is 0 Å². The van der Waals surface area contributed by atoms with Crippen molar-refractivity contribution >= 4 is 18.0 Å². The summed E-state index contributed by atoms with van der Waals surface area (Å²) in [6.45, 7) is 2.39. The molecule has 0 aliphatic heterocycles. The van der Waals surface area contributed by atoms with E-state index in [1.807, 2.05) is 6.92 Å². The van der Waals surface area contributed by atoms with Gasteiger partial charge in [0.1, 0.15) is 5.75 Å². The molecule has 1 unspecified atom stereocenters. The predicted molar refractivity (Wildman–Crippen MR) is 57.2 cm³/mol. The molecule has 0 saturated heterocycles. The maximum Gasteiger partial charge on any atom is 0.294 e. The highest BCUT2D eigenvalue weighted by Crippen LogP contribution is 2.27. The molecule has 1 aromatic carbocycles. The second kappa shape index (κ2) is 4.37. The van der Waals surface area contributed by atoms with Gasteiger partial charge in [-0.05, 0) is 25.1 Å². The van der Waals surface area contributed by atoms with Crippen molar-refractivity contribution in [2.24, 2.45) is 0 Å². The number of fused-ring (bicyclic) bond motifs is 1. The van der Waals surface area contributed by atoms with Crippen LogP contribution in [0.3, 0.4) is 0 Å². The van der Waals surface area contributed by atoms with Crippen LogP contribution in [-0.4, -0.2) is 30.7 Å². The van der Waals surface area contributed by atoms with Gasteiger partial charge in [-0.2, -0.15) is 0 Å². The Hall–Kier alpha value is -2.17. The number of Topliss-reactive ketones (excluding diaryl/α,β-unsaturated/α-hetero) is 2. The molecule has 0 radical (unpaired) electrons. The van der Waals surface area contributed by atoms with Crippen molar-refractivity contribution in [3.63, 3.8) is 0 Å². The van der Waals surface area contributed by atoms with Gasteiger partial charge in [0.05, 0.1) is 6.61 Å². The van der Waals surface area contributed by atoms with Crippen molar-refractivity contribution in [1.82, 2.24) is 0 Å². The van der Waals surface area contributed by atoms with E-state index < -0.39 is 17.7 Å². The lowest BCUT2D eigenvalue weighted by molar-refractivity contribution is -0.130. The topological polar surface area (TPSA) is 69.7 Å². The van der Waals surface area contributed by atoms with Gasteiger partial charge in [-0.15, -0.1) is 0 Å². The van der Waals surface area contributed by atoms with Crippen molar-refractivity contribution in [1.29, 1.82) is 0 Å². The Morgan fingerprint density at radius 1 is 1.24 bits per heavy atom. The third-order valence-corrected chi connectivity index (χ3v) is 2.50. The van der Waals surface area contributed by atoms with Gasteiger partial charge in [-0.3, -0.25) is 14.4 Å². The number of rotatable bonds is 4. The molecule has 5 nitrogen and oxygen atoms in total. The molecular weight excluding hydrogens is 224 g/mol. The lowest BCUT2D eigenvalue weighted by atomic mass is 10.1. The van der Waals surface area contributed by atoms with Gasteiger partial charge < -0.3 is 9.47 Å². The SMILES string of the molecule is CCOc1ccc2c(c1)C(=O)C(OC=O)C2=O. The first kappa shape index (κ1) is 11.3. The number of benzene rings is 1. The standard InChI is InChI=1S/C12H10O5/c1-2-16-7-3-4-8-9(5-7)11(15)12(10(8)14)17-6-13/h3-6,12H,2H2,1H3. The Bertz CT molecular complexity index is 492. The van der Waals surface area contributed by atoms with E-state index in [-0.39, 0.29) is 17.6 Å². The zero-order valence-corrected chi connectivity index (χ0v) is 9.14. The van der Waals surface area contributed by atoms with Gasteiger partial charge in [-0.1, -0.05) is 0 Å². The number of carbonyl (C=O) groups is 3. The summed E-state index contributed by atoms with van der Waals surface area (Å²) in [5, 5.41) is 0. The van der Waals surface area contributed by atoms with Crippen molar-refractivity contribution in [3.8, 4) is 5.75 Å². The minimum absolute atomic E-state index is 0.107. The molecule has 2 rings (SSSR count). The Kier molecular flexibility index (Phi) is 2.91. The minimum atomic E-state index is -1.33. The molecule has 0 spiro atoms. The third kappa shape index (κ3) is 1.80. The maximum atomic E-state index is 11.8. The first-order valence-electron chi connectivity index (χ1n) is 5.13. The molecule has 88 valence electrons. The fourth-order valence-electron chi connectivity index (χ4n) is 1.78. The Morgan fingerprint density at radius 3 is 2.59 bits per heavy atom. The lowest BCUT2D eigenvalue weighted by Crippen LogP contribution is -2.25. The second-order valence-corrected chi connectivity index (χ2v) is 3.48. The highest BCUT2D eigenvalue weighted by Gasteiger charge is 2.40. The van der Waals surface area contributed by atoms with Crippen LogP contribution < -0.4 is 4.74 Å². The minimum Gasteiger partial charge on any atom is -0.494 e. The van der Waals surface area contributed by atoms with Crippen molar-refractivity contribution in [2.75, 3.05) is 6.61 Å². The number of hydrogen-bond acceptors (Lipinski definition) is 5. The van der Waals surface area contributed by atoms with Crippen LogP contribution in [0.25, 0.3) is 0 Å². The fourth-order valence-corrected chi connectivity index (χ4v) is 1.78. The summed E-state index contributed by atoms with van der Waals surface area (Å²) in [5.41, 5.74) is 0.512. The molecule has 1 atom stereocenters. The predicted octanol–water partition coefficient (Wildman–Crippen LogP) is 1.01. The van der Waals surface area contributed by atoms with E-state index in [0.29, 0.717) is 12.4 Å². The molecule has 1 aliphatic carbocycles. The largest absolute Gasteiger partial charge is 0.494 e. The Balaban J connectivity index is 2.39. The van der Waals surface area contributed by atoms with E-state index >= 15 is 0 Å². The van der Waals surface area contributed by atoms with Crippen LogP contribution in [0.2, 0.25) is 0 Å². The van der Waals surface area contributed by atoms with Crippen LogP contribution in [0.4, 0.5) is 0 Å². The summed E-state index contributed by atoms with van der Waals surface area (Å²) in [6, 6.07) is 4.61. The van der Waals surface area contributed by atoms with E-state index in [1.54, 1.807) is 6.07 Å². The molecule has 0 bridgehead atoms. The van der Waals surface area contributed by atoms with Gasteiger partial charge in [0.25, 0.3) is 6.47 Å². The highest BCUT2D eigenvalue weighted by atomic mass is 16.5. The van der Waals surface area contributed by atoms with Crippen LogP contribution in [-0.2, 0) is 9.53 Å². The number of hydrogen-bond donors (Lipinski definition) is 0. The van der Waals surface area contributed by atoms with Crippen LogP contribution >= 0.6 is 0 Å². The molecule has 0 N–H and O–H groups in total. The molecule has 0 amide bonds. The normalized spacial score (nSPS) is 17.8. The molecule has 0 fully saturated rings. The van der Waals surface area contributed by atoms with Gasteiger partial charge in [-0.25, -0.2) is 0 Å². The zero-order chi connectivity index (χ0) is 12.4. The van der Waals surface area contributed by atoms with Crippen molar-refractivity contribution < 1.29 is 23.9 Å². The molecule has 0 heterocycles. The number of carbonyl (C=O) groups excluding carboxylic acids is 3. The van der Waals surface area contributed by atoms with Gasteiger partial charge in [0.15, 0.2) is 0 Å². The molecule has 0 saturated carbocycles. The van der Waals surface area contributed by atoms with Gasteiger partial charge in [0, 0.05) is 11.1 Å². The number of ketones is 2. The molecular formula is C12H10O5. The summed E-state index contributed by atoms with van der Waals surface area (Å²) in [6.07, 6.45) is -1.33. The summed E-state index contributed by atoms with van der Waals surface area (Å²) in [4.78, 5) is 33.7. The summed E-state index contributed by atoms with van der Waals surface area (Å²) >= 11 is 0. The Morgan fingerprint density at radius 2 is 1.94 bits per heavy atom. The molecule has 1 aliphatic rings. The quantitative estimate of drug-likeness (QED) is 0.574. The third-order valence-electron chi connectivity index (χ3n) is 2.50. The number of ether oxygens (including phenoxy) is 2. The van der Waals surface area contributed by atoms with E-state index in [1.165, 1.54) is 12.1 Å². The molecule has 1 aromatic rings. The summed E-state index contributed by atoms with van der Waals surface area (Å²) in [5.74, 6) is -0.474. The first-order valence-corrected chi connectivity index (χ1v) is 5.13. The molecule has 5 heteroatoms.